The summed E-state index contributed by atoms with van der Waals surface area (Å²) in [5.41, 5.74) is 5.24. The molecule has 3 heteroatoms. The Balaban J connectivity index is 1.55. The number of amides is 1. The van der Waals surface area contributed by atoms with E-state index in [9.17, 15) is 4.79 Å². The van der Waals surface area contributed by atoms with Crippen LogP contribution in [0.15, 0.2) is 42.5 Å². The zero-order valence-electron chi connectivity index (χ0n) is 14.5. The lowest BCUT2D eigenvalue weighted by molar-refractivity contribution is -0.123. The maximum atomic E-state index is 12.1. The summed E-state index contributed by atoms with van der Waals surface area (Å²) in [7, 11) is 0. The van der Waals surface area contributed by atoms with Gasteiger partial charge in [0, 0.05) is 0 Å². The summed E-state index contributed by atoms with van der Waals surface area (Å²) in [5, 5.41) is 3.02. The first-order chi connectivity index (χ1) is 11.6. The van der Waals surface area contributed by atoms with Crippen molar-refractivity contribution < 1.29 is 9.53 Å². The maximum Gasteiger partial charge on any atom is 0.258 e. The van der Waals surface area contributed by atoms with Crippen LogP contribution in [0, 0.1) is 6.92 Å². The van der Waals surface area contributed by atoms with Gasteiger partial charge in [-0.1, -0.05) is 35.9 Å². The summed E-state index contributed by atoms with van der Waals surface area (Å²) in [5.74, 6) is 0.623. The predicted octanol–water partition coefficient (Wildman–Crippen LogP) is 4.13. The molecule has 0 unspecified atom stereocenters. The summed E-state index contributed by atoms with van der Waals surface area (Å²) in [6.45, 7) is 4.09. The van der Waals surface area contributed by atoms with Gasteiger partial charge in [-0.2, -0.15) is 0 Å². The molecule has 24 heavy (non-hydrogen) atoms. The molecule has 2 aromatic carbocycles. The zero-order chi connectivity index (χ0) is 16.9. The number of aryl methyl sites for hydroxylation is 3. The van der Waals surface area contributed by atoms with Gasteiger partial charge >= 0.3 is 0 Å². The Labute approximate surface area is 144 Å². The minimum absolute atomic E-state index is 0.00801. The van der Waals surface area contributed by atoms with E-state index >= 15 is 0 Å². The molecule has 1 N–H and O–H groups in total. The zero-order valence-corrected chi connectivity index (χ0v) is 14.5. The highest BCUT2D eigenvalue weighted by Gasteiger charge is 2.14. The lowest BCUT2D eigenvalue weighted by atomic mass is 9.89. The smallest absolute Gasteiger partial charge is 0.258 e. The number of rotatable bonds is 5. The summed E-state index contributed by atoms with van der Waals surface area (Å²) in [6.07, 6.45) is 4.89. The molecule has 0 bridgehead atoms. The average molecular weight is 323 g/mol. The van der Waals surface area contributed by atoms with E-state index in [0.717, 1.165) is 12.2 Å². The number of hydrogen-bond acceptors (Lipinski definition) is 2. The Bertz CT molecular complexity index is 706. The first-order valence-electron chi connectivity index (χ1n) is 8.72. The number of nitrogens with one attached hydrogen (secondary N) is 1. The van der Waals surface area contributed by atoms with Crippen molar-refractivity contribution in [3.63, 3.8) is 0 Å². The molecule has 0 aromatic heterocycles. The van der Waals surface area contributed by atoms with E-state index in [1.165, 1.54) is 41.5 Å². The van der Waals surface area contributed by atoms with E-state index in [1.54, 1.807) is 0 Å². The van der Waals surface area contributed by atoms with Gasteiger partial charge in [0.25, 0.3) is 5.91 Å². The standard InChI is InChI=1S/C21H25NO2/c1-15-7-11-20(12-8-15)24-14-21(23)22-16(2)18-10-9-17-5-3-4-6-19(17)13-18/h7-13,16H,3-6,14H2,1-2H3,(H,22,23)/t16-/m1/s1. The van der Waals surface area contributed by atoms with Gasteiger partial charge < -0.3 is 10.1 Å². The van der Waals surface area contributed by atoms with Crippen LogP contribution in [0.1, 0.15) is 48.1 Å². The fraction of sp³-hybridized carbons (Fsp3) is 0.381. The van der Waals surface area contributed by atoms with Gasteiger partial charge in [-0.15, -0.1) is 0 Å². The number of carbonyl (C=O) groups is 1. The highest BCUT2D eigenvalue weighted by molar-refractivity contribution is 5.78. The van der Waals surface area contributed by atoms with Crippen molar-refractivity contribution in [2.24, 2.45) is 0 Å². The van der Waals surface area contributed by atoms with Crippen LogP contribution in [-0.2, 0) is 17.6 Å². The Morgan fingerprint density at radius 3 is 2.54 bits per heavy atom. The van der Waals surface area contributed by atoms with E-state index < -0.39 is 0 Å². The van der Waals surface area contributed by atoms with E-state index in [1.807, 2.05) is 38.1 Å². The van der Waals surface area contributed by atoms with Crippen LogP contribution < -0.4 is 10.1 Å². The minimum Gasteiger partial charge on any atom is -0.484 e. The second-order valence-electron chi connectivity index (χ2n) is 6.63. The second-order valence-corrected chi connectivity index (χ2v) is 6.63. The van der Waals surface area contributed by atoms with Crippen LogP contribution in [-0.4, -0.2) is 12.5 Å². The van der Waals surface area contributed by atoms with Crippen molar-refractivity contribution in [3.05, 3.63) is 64.7 Å². The van der Waals surface area contributed by atoms with Crippen molar-refractivity contribution in [1.82, 2.24) is 5.32 Å². The molecule has 0 saturated heterocycles. The van der Waals surface area contributed by atoms with E-state index in [-0.39, 0.29) is 18.6 Å². The summed E-state index contributed by atoms with van der Waals surface area (Å²) >= 11 is 0. The number of fused-ring (bicyclic) bond motifs is 1. The molecule has 1 aliphatic carbocycles. The number of benzene rings is 2. The monoisotopic (exact) mass is 323 g/mol. The molecule has 1 amide bonds. The third kappa shape index (κ3) is 4.16. The number of carbonyl (C=O) groups excluding carboxylic acids is 1. The topological polar surface area (TPSA) is 38.3 Å². The lowest BCUT2D eigenvalue weighted by Crippen LogP contribution is -2.31. The van der Waals surface area contributed by atoms with Crippen LogP contribution in [0.2, 0.25) is 0 Å². The van der Waals surface area contributed by atoms with Crippen molar-refractivity contribution in [3.8, 4) is 5.75 Å². The van der Waals surface area contributed by atoms with Crippen molar-refractivity contribution in [2.75, 3.05) is 6.61 Å². The third-order valence-electron chi connectivity index (χ3n) is 4.64. The summed E-state index contributed by atoms with van der Waals surface area (Å²) in [4.78, 5) is 12.1. The van der Waals surface area contributed by atoms with Crippen LogP contribution in [0.5, 0.6) is 5.75 Å². The van der Waals surface area contributed by atoms with E-state index in [2.05, 4.69) is 23.5 Å². The molecule has 3 nitrogen and oxygen atoms in total. The largest absolute Gasteiger partial charge is 0.484 e. The quantitative estimate of drug-likeness (QED) is 0.898. The molecule has 0 saturated carbocycles. The number of hydrogen-bond donors (Lipinski definition) is 1. The summed E-state index contributed by atoms with van der Waals surface area (Å²) < 4.78 is 5.54. The lowest BCUT2D eigenvalue weighted by Gasteiger charge is -2.20. The molecule has 0 heterocycles. The number of ether oxygens (including phenoxy) is 1. The first kappa shape index (κ1) is 16.6. The molecule has 0 fully saturated rings. The van der Waals surface area contributed by atoms with Gasteiger partial charge in [0.05, 0.1) is 6.04 Å². The average Bonchev–Trinajstić information content (AvgIpc) is 2.61. The highest BCUT2D eigenvalue weighted by atomic mass is 16.5. The van der Waals surface area contributed by atoms with Gasteiger partial charge in [-0.25, -0.2) is 0 Å². The first-order valence-corrected chi connectivity index (χ1v) is 8.72. The Morgan fingerprint density at radius 1 is 1.08 bits per heavy atom. The fourth-order valence-corrected chi connectivity index (χ4v) is 3.17. The molecule has 1 aliphatic rings. The minimum atomic E-state index is -0.0965. The SMILES string of the molecule is Cc1ccc(OCC(=O)N[C@H](C)c2ccc3c(c2)CCCC3)cc1. The van der Waals surface area contributed by atoms with E-state index in [0.29, 0.717) is 0 Å². The second kappa shape index (κ2) is 7.52. The van der Waals surface area contributed by atoms with Crippen LogP contribution in [0.4, 0.5) is 0 Å². The van der Waals surface area contributed by atoms with Crippen LogP contribution >= 0.6 is 0 Å². The Kier molecular flexibility index (Phi) is 5.19. The van der Waals surface area contributed by atoms with Gasteiger partial charge in [0.2, 0.25) is 0 Å². The molecule has 1 atom stereocenters. The molecule has 2 aromatic rings. The van der Waals surface area contributed by atoms with Gasteiger partial charge in [0.1, 0.15) is 5.75 Å². The summed E-state index contributed by atoms with van der Waals surface area (Å²) in [6, 6.07) is 14.3. The predicted molar refractivity (Wildman–Crippen MR) is 96.3 cm³/mol. The molecule has 0 radical (unpaired) electrons. The van der Waals surface area contributed by atoms with Crippen LogP contribution in [0.25, 0.3) is 0 Å². The highest BCUT2D eigenvalue weighted by Crippen LogP contribution is 2.24. The third-order valence-corrected chi connectivity index (χ3v) is 4.64. The fourth-order valence-electron chi connectivity index (χ4n) is 3.17. The normalized spacial score (nSPS) is 14.6. The Hall–Kier alpha value is -2.29. The van der Waals surface area contributed by atoms with Crippen molar-refractivity contribution in [2.45, 2.75) is 45.6 Å². The molecule has 0 aliphatic heterocycles. The van der Waals surface area contributed by atoms with Gasteiger partial charge in [-0.3, -0.25) is 4.79 Å². The molecule has 126 valence electrons. The molecule has 3 rings (SSSR count). The maximum absolute atomic E-state index is 12.1. The van der Waals surface area contributed by atoms with Crippen molar-refractivity contribution in [1.29, 1.82) is 0 Å². The van der Waals surface area contributed by atoms with Gasteiger partial charge in [0.15, 0.2) is 6.61 Å². The molecule has 0 spiro atoms. The Morgan fingerprint density at radius 2 is 1.79 bits per heavy atom. The van der Waals surface area contributed by atoms with Crippen molar-refractivity contribution >= 4 is 5.91 Å². The van der Waals surface area contributed by atoms with Crippen LogP contribution in [0.3, 0.4) is 0 Å². The molecular formula is C21H25NO2. The molecular weight excluding hydrogens is 298 g/mol. The van der Waals surface area contributed by atoms with E-state index in [4.69, 9.17) is 4.74 Å². The van der Waals surface area contributed by atoms with Gasteiger partial charge in [-0.05, 0) is 68.4 Å².